The van der Waals surface area contributed by atoms with Crippen LogP contribution in [0, 0.1) is 0 Å². The normalized spacial score (nSPS) is 11.4. The molecule has 1 aromatic heterocycles. The quantitative estimate of drug-likeness (QED) is 0.669. The van der Waals surface area contributed by atoms with Crippen molar-refractivity contribution < 1.29 is 4.79 Å². The number of nitrogens with zero attached hydrogens (tertiary/aromatic N) is 1. The minimum Gasteiger partial charge on any atom is -0.267 e. The fourth-order valence-corrected chi connectivity index (χ4v) is 2.61. The minimum atomic E-state index is -0.340. The number of benzene rings is 1. The summed E-state index contributed by atoms with van der Waals surface area (Å²) in [5, 5.41) is 4.43. The van der Waals surface area contributed by atoms with Crippen molar-refractivity contribution in [3.63, 3.8) is 0 Å². The third kappa shape index (κ3) is 3.56. The van der Waals surface area contributed by atoms with Crippen LogP contribution in [-0.4, -0.2) is 11.6 Å². The SMILES string of the molecule is C/C(=N/NC(=O)c1ccccc1Cl)c1ccc(Cl)s1. The number of carbonyl (C=O) groups is 1. The van der Waals surface area contributed by atoms with E-state index < -0.39 is 0 Å². The molecule has 0 radical (unpaired) electrons. The van der Waals surface area contributed by atoms with Gasteiger partial charge in [0.15, 0.2) is 0 Å². The van der Waals surface area contributed by atoms with Gasteiger partial charge in [-0.05, 0) is 31.2 Å². The van der Waals surface area contributed by atoms with Gasteiger partial charge in [-0.2, -0.15) is 5.10 Å². The summed E-state index contributed by atoms with van der Waals surface area (Å²) in [4.78, 5) is 12.8. The van der Waals surface area contributed by atoms with Gasteiger partial charge >= 0.3 is 0 Å². The molecule has 2 rings (SSSR count). The molecule has 1 N–H and O–H groups in total. The molecule has 2 aromatic rings. The number of hydrazone groups is 1. The number of rotatable bonds is 3. The second kappa shape index (κ2) is 6.19. The standard InChI is InChI=1S/C13H10Cl2N2OS/c1-8(11-6-7-12(15)19-11)16-17-13(18)9-4-2-3-5-10(9)14/h2-7H,1H3,(H,17,18)/b16-8-. The molecule has 1 amide bonds. The van der Waals surface area contributed by atoms with E-state index in [9.17, 15) is 4.79 Å². The number of carbonyl (C=O) groups excluding carboxylic acids is 1. The van der Waals surface area contributed by atoms with Gasteiger partial charge in [-0.1, -0.05) is 35.3 Å². The Balaban J connectivity index is 2.10. The molecule has 0 unspecified atom stereocenters. The van der Waals surface area contributed by atoms with Crippen molar-refractivity contribution >= 4 is 46.2 Å². The zero-order valence-corrected chi connectivity index (χ0v) is 12.3. The maximum Gasteiger partial charge on any atom is 0.272 e. The van der Waals surface area contributed by atoms with Gasteiger partial charge in [0.1, 0.15) is 0 Å². The molecular weight excluding hydrogens is 303 g/mol. The predicted octanol–water partition coefficient (Wildman–Crippen LogP) is 4.21. The van der Waals surface area contributed by atoms with E-state index in [1.54, 1.807) is 37.3 Å². The van der Waals surface area contributed by atoms with Gasteiger partial charge in [0.2, 0.25) is 0 Å². The van der Waals surface area contributed by atoms with Crippen LogP contribution in [0.4, 0.5) is 0 Å². The Bertz CT molecular complexity index is 637. The summed E-state index contributed by atoms with van der Waals surface area (Å²) >= 11 is 13.2. The summed E-state index contributed by atoms with van der Waals surface area (Å²) in [5.41, 5.74) is 3.56. The second-order valence-corrected chi connectivity index (χ2v) is 5.84. The second-order valence-electron chi connectivity index (χ2n) is 3.72. The van der Waals surface area contributed by atoms with Crippen molar-refractivity contribution in [3.05, 3.63) is 56.2 Å². The van der Waals surface area contributed by atoms with Gasteiger partial charge < -0.3 is 0 Å². The Morgan fingerprint density at radius 2 is 1.95 bits per heavy atom. The Labute approximate surface area is 124 Å². The summed E-state index contributed by atoms with van der Waals surface area (Å²) in [7, 11) is 0. The molecule has 1 aromatic carbocycles. The first-order valence-corrected chi connectivity index (χ1v) is 7.00. The molecule has 6 heteroatoms. The summed E-state index contributed by atoms with van der Waals surface area (Å²) in [6.07, 6.45) is 0. The first-order chi connectivity index (χ1) is 9.08. The molecule has 19 heavy (non-hydrogen) atoms. The summed E-state index contributed by atoms with van der Waals surface area (Å²) in [6.45, 7) is 1.80. The molecule has 3 nitrogen and oxygen atoms in total. The molecule has 0 saturated carbocycles. The van der Waals surface area contributed by atoms with Crippen molar-refractivity contribution in [2.45, 2.75) is 6.92 Å². The molecule has 0 aliphatic heterocycles. The van der Waals surface area contributed by atoms with Crippen molar-refractivity contribution in [1.82, 2.24) is 5.43 Å². The Kier molecular flexibility index (Phi) is 4.58. The number of nitrogens with one attached hydrogen (secondary N) is 1. The highest BCUT2D eigenvalue weighted by Crippen LogP contribution is 2.22. The lowest BCUT2D eigenvalue weighted by molar-refractivity contribution is 0.0955. The summed E-state index contributed by atoms with van der Waals surface area (Å²) in [5.74, 6) is -0.340. The molecular formula is C13H10Cl2N2OS. The Morgan fingerprint density at radius 3 is 2.58 bits per heavy atom. The summed E-state index contributed by atoms with van der Waals surface area (Å²) in [6, 6.07) is 10.5. The fourth-order valence-electron chi connectivity index (χ4n) is 1.40. The van der Waals surface area contributed by atoms with E-state index in [1.165, 1.54) is 11.3 Å². The van der Waals surface area contributed by atoms with E-state index >= 15 is 0 Å². The van der Waals surface area contributed by atoms with Gasteiger partial charge in [0.05, 0.1) is 25.5 Å². The van der Waals surface area contributed by atoms with E-state index in [0.29, 0.717) is 20.6 Å². The van der Waals surface area contributed by atoms with Crippen LogP contribution in [0.2, 0.25) is 9.36 Å². The van der Waals surface area contributed by atoms with E-state index in [2.05, 4.69) is 10.5 Å². The van der Waals surface area contributed by atoms with Crippen LogP contribution in [-0.2, 0) is 0 Å². The lowest BCUT2D eigenvalue weighted by Crippen LogP contribution is -2.19. The molecule has 1 heterocycles. The van der Waals surface area contributed by atoms with Crippen molar-refractivity contribution in [2.24, 2.45) is 5.10 Å². The average molecular weight is 313 g/mol. The highest BCUT2D eigenvalue weighted by atomic mass is 35.5. The van der Waals surface area contributed by atoms with Crippen molar-refractivity contribution in [2.75, 3.05) is 0 Å². The Morgan fingerprint density at radius 1 is 1.21 bits per heavy atom. The van der Waals surface area contributed by atoms with Gasteiger partial charge in [0.25, 0.3) is 5.91 Å². The van der Waals surface area contributed by atoms with Crippen LogP contribution in [0.5, 0.6) is 0 Å². The van der Waals surface area contributed by atoms with E-state index in [1.807, 2.05) is 6.07 Å². The number of hydrogen-bond donors (Lipinski definition) is 1. The van der Waals surface area contributed by atoms with Crippen LogP contribution in [0.25, 0.3) is 0 Å². The number of amides is 1. The van der Waals surface area contributed by atoms with Crippen molar-refractivity contribution in [1.29, 1.82) is 0 Å². The van der Waals surface area contributed by atoms with E-state index in [0.717, 1.165) is 4.88 Å². The molecule has 0 atom stereocenters. The molecule has 0 fully saturated rings. The molecule has 0 aliphatic rings. The fraction of sp³-hybridized carbons (Fsp3) is 0.0769. The molecule has 0 aliphatic carbocycles. The number of halogens is 2. The molecule has 0 saturated heterocycles. The van der Waals surface area contributed by atoms with Gasteiger partial charge in [-0.15, -0.1) is 11.3 Å². The molecule has 0 spiro atoms. The molecule has 98 valence electrons. The van der Waals surface area contributed by atoms with Crippen LogP contribution < -0.4 is 5.43 Å². The zero-order valence-electron chi connectivity index (χ0n) is 9.98. The predicted molar refractivity (Wildman–Crippen MR) is 80.5 cm³/mol. The largest absolute Gasteiger partial charge is 0.272 e. The highest BCUT2D eigenvalue weighted by Gasteiger charge is 2.09. The van der Waals surface area contributed by atoms with Crippen LogP contribution >= 0.6 is 34.5 Å². The lowest BCUT2D eigenvalue weighted by Gasteiger charge is -2.03. The zero-order chi connectivity index (χ0) is 13.8. The maximum absolute atomic E-state index is 11.9. The van der Waals surface area contributed by atoms with Gasteiger partial charge in [-0.25, -0.2) is 5.43 Å². The van der Waals surface area contributed by atoms with Crippen molar-refractivity contribution in [3.8, 4) is 0 Å². The van der Waals surface area contributed by atoms with Crippen LogP contribution in [0.3, 0.4) is 0 Å². The van der Waals surface area contributed by atoms with Gasteiger partial charge in [-0.3, -0.25) is 4.79 Å². The molecule has 0 bridgehead atoms. The number of hydrogen-bond acceptors (Lipinski definition) is 3. The number of thiophene rings is 1. The van der Waals surface area contributed by atoms with E-state index in [-0.39, 0.29) is 5.91 Å². The third-order valence-corrected chi connectivity index (χ3v) is 4.04. The summed E-state index contributed by atoms with van der Waals surface area (Å²) < 4.78 is 0.682. The third-order valence-electron chi connectivity index (χ3n) is 2.37. The Hall–Kier alpha value is -1.36. The minimum absolute atomic E-state index is 0.340. The van der Waals surface area contributed by atoms with Crippen LogP contribution in [0.1, 0.15) is 22.2 Å². The maximum atomic E-state index is 11.9. The lowest BCUT2D eigenvalue weighted by atomic mass is 10.2. The van der Waals surface area contributed by atoms with Crippen LogP contribution in [0.15, 0.2) is 41.5 Å². The highest BCUT2D eigenvalue weighted by molar-refractivity contribution is 7.18. The van der Waals surface area contributed by atoms with Gasteiger partial charge in [0, 0.05) is 0 Å². The van der Waals surface area contributed by atoms with E-state index in [4.69, 9.17) is 23.2 Å². The topological polar surface area (TPSA) is 41.5 Å². The first kappa shape index (κ1) is 14.1. The first-order valence-electron chi connectivity index (χ1n) is 5.43. The monoisotopic (exact) mass is 312 g/mol. The smallest absolute Gasteiger partial charge is 0.267 e. The average Bonchev–Trinajstić information content (AvgIpc) is 2.83.